The van der Waals surface area contributed by atoms with Crippen LogP contribution in [-0.4, -0.2) is 28.6 Å². The van der Waals surface area contributed by atoms with Crippen molar-refractivity contribution in [3.05, 3.63) is 82.5 Å². The summed E-state index contributed by atoms with van der Waals surface area (Å²) in [5, 5.41) is 8.38. The number of rotatable bonds is 5. The minimum atomic E-state index is -0.769. The number of anilines is 3. The SMILES string of the molecule is Cc1ccc2c(c1)CC(NC(=O)c1cc(NC(=O)OC(C)(C)C)cc(Nc3cc(F)cc(F)c3)n1)C2. The molecule has 3 N–H and O–H groups in total. The predicted molar refractivity (Wildman–Crippen MR) is 134 cm³/mol. The molecular formula is C27H28F2N4O3. The summed E-state index contributed by atoms with van der Waals surface area (Å²) in [7, 11) is 0. The molecule has 0 radical (unpaired) electrons. The van der Waals surface area contributed by atoms with Gasteiger partial charge in [0.2, 0.25) is 0 Å². The third-order valence-corrected chi connectivity index (χ3v) is 5.47. The van der Waals surface area contributed by atoms with Gasteiger partial charge in [-0.25, -0.2) is 18.6 Å². The van der Waals surface area contributed by atoms with Gasteiger partial charge in [0.05, 0.1) is 5.69 Å². The molecule has 188 valence electrons. The van der Waals surface area contributed by atoms with Crippen LogP contribution >= 0.6 is 0 Å². The molecule has 9 heteroatoms. The number of hydrogen-bond acceptors (Lipinski definition) is 5. The van der Waals surface area contributed by atoms with Crippen LogP contribution in [-0.2, 0) is 17.6 Å². The molecule has 1 aliphatic carbocycles. The number of aryl methyl sites for hydroxylation is 1. The fourth-order valence-corrected chi connectivity index (χ4v) is 4.09. The van der Waals surface area contributed by atoms with Crippen molar-refractivity contribution in [3.8, 4) is 0 Å². The summed E-state index contributed by atoms with van der Waals surface area (Å²) in [4.78, 5) is 29.8. The summed E-state index contributed by atoms with van der Waals surface area (Å²) in [6.07, 6.45) is 0.682. The van der Waals surface area contributed by atoms with E-state index < -0.39 is 29.2 Å². The molecule has 0 aliphatic heterocycles. The molecule has 0 saturated carbocycles. The van der Waals surface area contributed by atoms with Gasteiger partial charge >= 0.3 is 6.09 Å². The minimum Gasteiger partial charge on any atom is -0.444 e. The monoisotopic (exact) mass is 494 g/mol. The zero-order chi connectivity index (χ0) is 26.0. The van der Waals surface area contributed by atoms with Crippen LogP contribution in [0.4, 0.5) is 30.8 Å². The Morgan fingerprint density at radius 1 is 0.944 bits per heavy atom. The van der Waals surface area contributed by atoms with Crippen molar-refractivity contribution in [2.45, 2.75) is 52.2 Å². The number of fused-ring (bicyclic) bond motifs is 1. The summed E-state index contributed by atoms with van der Waals surface area (Å²) in [6, 6.07) is 11.9. The second-order valence-electron chi connectivity index (χ2n) is 9.89. The lowest BCUT2D eigenvalue weighted by atomic mass is 10.1. The van der Waals surface area contributed by atoms with Crippen LogP contribution in [0.25, 0.3) is 0 Å². The van der Waals surface area contributed by atoms with Gasteiger partial charge in [-0.05, 0) is 69.9 Å². The molecule has 0 fully saturated rings. The smallest absolute Gasteiger partial charge is 0.412 e. The van der Waals surface area contributed by atoms with Crippen molar-refractivity contribution >= 4 is 29.2 Å². The van der Waals surface area contributed by atoms with E-state index in [-0.39, 0.29) is 28.9 Å². The first kappa shape index (κ1) is 25.1. The van der Waals surface area contributed by atoms with Gasteiger partial charge in [-0.15, -0.1) is 0 Å². The molecule has 1 atom stereocenters. The first-order chi connectivity index (χ1) is 16.9. The maximum absolute atomic E-state index is 13.7. The number of carbonyl (C=O) groups excluding carboxylic acids is 2. The normalized spacial score (nSPS) is 14.7. The molecule has 7 nitrogen and oxygen atoms in total. The van der Waals surface area contributed by atoms with E-state index in [1.807, 2.05) is 13.0 Å². The van der Waals surface area contributed by atoms with Gasteiger partial charge in [-0.3, -0.25) is 10.1 Å². The van der Waals surface area contributed by atoms with E-state index in [0.717, 1.165) is 23.8 Å². The lowest BCUT2D eigenvalue weighted by molar-refractivity contribution is 0.0635. The van der Waals surface area contributed by atoms with Crippen molar-refractivity contribution in [2.24, 2.45) is 0 Å². The van der Waals surface area contributed by atoms with Crippen LogP contribution < -0.4 is 16.0 Å². The Morgan fingerprint density at radius 2 is 1.64 bits per heavy atom. The Balaban J connectivity index is 1.57. The predicted octanol–water partition coefficient (Wildman–Crippen LogP) is 5.66. The summed E-state index contributed by atoms with van der Waals surface area (Å²) in [5.41, 5.74) is 3.17. The van der Waals surface area contributed by atoms with E-state index in [1.165, 1.54) is 23.3 Å². The Kier molecular flexibility index (Phi) is 6.92. The molecule has 1 aromatic heterocycles. The van der Waals surface area contributed by atoms with Crippen LogP contribution in [0.5, 0.6) is 0 Å². The quantitative estimate of drug-likeness (QED) is 0.426. The van der Waals surface area contributed by atoms with Crippen LogP contribution in [0.1, 0.15) is 48.0 Å². The molecule has 3 aromatic rings. The lowest BCUT2D eigenvalue weighted by Gasteiger charge is -2.20. The Hall–Kier alpha value is -4.01. The number of benzene rings is 2. The number of pyridine rings is 1. The molecule has 2 amide bonds. The summed E-state index contributed by atoms with van der Waals surface area (Å²) in [5.74, 6) is -1.86. The number of nitrogens with one attached hydrogen (secondary N) is 3. The summed E-state index contributed by atoms with van der Waals surface area (Å²) >= 11 is 0. The van der Waals surface area contributed by atoms with Crippen molar-refractivity contribution in [3.63, 3.8) is 0 Å². The molecule has 0 bridgehead atoms. The zero-order valence-corrected chi connectivity index (χ0v) is 20.5. The Bertz CT molecular complexity index is 1300. The third kappa shape index (κ3) is 6.56. The van der Waals surface area contributed by atoms with Gasteiger partial charge < -0.3 is 15.4 Å². The molecule has 36 heavy (non-hydrogen) atoms. The van der Waals surface area contributed by atoms with E-state index in [0.29, 0.717) is 12.8 Å². The average Bonchev–Trinajstić information content (AvgIpc) is 3.12. The number of ether oxygens (including phenoxy) is 1. The van der Waals surface area contributed by atoms with Crippen LogP contribution in [0.3, 0.4) is 0 Å². The average molecular weight is 495 g/mol. The van der Waals surface area contributed by atoms with Gasteiger partial charge in [0, 0.05) is 23.9 Å². The standard InChI is InChI=1S/C27H28F2N4O3/c1-15-5-6-16-8-20(9-17(16)7-15)31-25(34)23-13-22(32-26(35)36-27(2,3)4)14-24(33-23)30-21-11-18(28)10-19(29)12-21/h5-7,10-14,20H,8-9H2,1-4H3,(H,31,34)(H2,30,32,33,35). The van der Waals surface area contributed by atoms with E-state index in [1.54, 1.807) is 20.8 Å². The van der Waals surface area contributed by atoms with Gasteiger partial charge in [0.1, 0.15) is 28.7 Å². The molecular weight excluding hydrogens is 466 g/mol. The highest BCUT2D eigenvalue weighted by Crippen LogP contribution is 2.25. The van der Waals surface area contributed by atoms with Gasteiger partial charge in [0.25, 0.3) is 5.91 Å². The van der Waals surface area contributed by atoms with Crippen LogP contribution in [0.2, 0.25) is 0 Å². The highest BCUT2D eigenvalue weighted by atomic mass is 19.1. The fraction of sp³-hybridized carbons (Fsp3) is 0.296. The van der Waals surface area contributed by atoms with E-state index >= 15 is 0 Å². The maximum Gasteiger partial charge on any atom is 0.412 e. The summed E-state index contributed by atoms with van der Waals surface area (Å²) < 4.78 is 32.6. The highest BCUT2D eigenvalue weighted by Gasteiger charge is 2.24. The zero-order valence-electron chi connectivity index (χ0n) is 20.5. The van der Waals surface area contributed by atoms with Crippen molar-refractivity contribution in [1.29, 1.82) is 0 Å². The Labute approximate surface area is 208 Å². The molecule has 2 aromatic carbocycles. The number of nitrogens with zero attached hydrogens (tertiary/aromatic N) is 1. The molecule has 1 heterocycles. The molecule has 0 spiro atoms. The van der Waals surface area contributed by atoms with Gasteiger partial charge in [-0.2, -0.15) is 0 Å². The first-order valence-corrected chi connectivity index (χ1v) is 11.6. The molecule has 4 rings (SSSR count). The third-order valence-electron chi connectivity index (χ3n) is 5.47. The number of hydrogen-bond donors (Lipinski definition) is 3. The second kappa shape index (κ2) is 9.93. The molecule has 1 unspecified atom stereocenters. The Morgan fingerprint density at radius 3 is 2.33 bits per heavy atom. The van der Waals surface area contributed by atoms with Crippen LogP contribution in [0.15, 0.2) is 48.5 Å². The molecule has 1 aliphatic rings. The topological polar surface area (TPSA) is 92.4 Å². The number of carbonyl (C=O) groups is 2. The highest BCUT2D eigenvalue weighted by molar-refractivity contribution is 5.95. The van der Waals surface area contributed by atoms with Crippen molar-refractivity contribution in [1.82, 2.24) is 10.3 Å². The van der Waals surface area contributed by atoms with E-state index in [4.69, 9.17) is 4.74 Å². The van der Waals surface area contributed by atoms with Gasteiger partial charge in [0.15, 0.2) is 0 Å². The number of amides is 2. The number of halogens is 2. The lowest BCUT2D eigenvalue weighted by Crippen LogP contribution is -2.36. The minimum absolute atomic E-state index is 0.0232. The van der Waals surface area contributed by atoms with E-state index in [2.05, 4.69) is 33.1 Å². The first-order valence-electron chi connectivity index (χ1n) is 11.6. The molecule has 0 saturated heterocycles. The van der Waals surface area contributed by atoms with Crippen LogP contribution in [0, 0.1) is 18.6 Å². The fourth-order valence-electron chi connectivity index (χ4n) is 4.09. The summed E-state index contributed by atoms with van der Waals surface area (Å²) in [6.45, 7) is 7.21. The van der Waals surface area contributed by atoms with Crippen molar-refractivity contribution in [2.75, 3.05) is 10.6 Å². The van der Waals surface area contributed by atoms with Gasteiger partial charge in [-0.1, -0.05) is 23.8 Å². The van der Waals surface area contributed by atoms with Crippen molar-refractivity contribution < 1.29 is 23.1 Å². The number of aromatic nitrogens is 1. The maximum atomic E-state index is 13.7. The second-order valence-corrected chi connectivity index (χ2v) is 9.89. The van der Waals surface area contributed by atoms with E-state index in [9.17, 15) is 18.4 Å². The largest absolute Gasteiger partial charge is 0.444 e.